The van der Waals surface area contributed by atoms with E-state index >= 15 is 0 Å². The lowest BCUT2D eigenvalue weighted by atomic mass is 9.47. The number of nitrogens with one attached hydrogen (secondary N) is 1. The molecule has 4 fully saturated rings. The zero-order chi connectivity index (χ0) is 15.2. The fourth-order valence-electron chi connectivity index (χ4n) is 5.84. The Balaban J connectivity index is 1.39. The summed E-state index contributed by atoms with van der Waals surface area (Å²) < 4.78 is 0. The molecule has 0 spiro atoms. The molecule has 3 heteroatoms. The molecule has 4 aliphatic carbocycles. The molecule has 0 aliphatic heterocycles. The molecule has 2 nitrogen and oxygen atoms in total. The van der Waals surface area contributed by atoms with Gasteiger partial charge < -0.3 is 5.32 Å². The average molecular weight is 315 g/mol. The van der Waals surface area contributed by atoms with Gasteiger partial charge in [0, 0.05) is 11.3 Å². The first-order chi connectivity index (χ1) is 10.5. The first kappa shape index (κ1) is 14.6. The number of hydrogen-bond donors (Lipinski definition) is 1. The monoisotopic (exact) mass is 315 g/mol. The summed E-state index contributed by atoms with van der Waals surface area (Å²) in [6, 6.07) is 10.3. The molecule has 4 bridgehead atoms. The van der Waals surface area contributed by atoms with Gasteiger partial charge in [0.15, 0.2) is 0 Å². The maximum absolute atomic E-state index is 12.5. The second-order valence-electron chi connectivity index (χ2n) is 8.24. The fourth-order valence-corrected chi connectivity index (χ4v) is 6.62. The molecular weight excluding hydrogens is 290 g/mol. The molecule has 0 saturated heterocycles. The van der Waals surface area contributed by atoms with Crippen LogP contribution in [0.25, 0.3) is 0 Å². The van der Waals surface area contributed by atoms with Gasteiger partial charge in [-0.1, -0.05) is 49.0 Å². The van der Waals surface area contributed by atoms with Crippen molar-refractivity contribution >= 4 is 17.0 Å². The van der Waals surface area contributed by atoms with Gasteiger partial charge in [0.05, 0.1) is 0 Å². The van der Waals surface area contributed by atoms with Gasteiger partial charge in [0.25, 0.3) is 5.24 Å². The second-order valence-corrected chi connectivity index (χ2v) is 9.19. The summed E-state index contributed by atoms with van der Waals surface area (Å²) in [5.41, 5.74) is 1.82. The predicted molar refractivity (Wildman–Crippen MR) is 91.8 cm³/mol. The van der Waals surface area contributed by atoms with E-state index in [2.05, 4.69) is 24.4 Å². The minimum Gasteiger partial charge on any atom is -0.341 e. The summed E-state index contributed by atoms with van der Waals surface area (Å²) in [7, 11) is 0. The van der Waals surface area contributed by atoms with E-state index < -0.39 is 0 Å². The summed E-state index contributed by atoms with van der Waals surface area (Å²) in [5, 5.41) is 3.62. The Bertz CT molecular complexity index is 556. The van der Waals surface area contributed by atoms with Crippen LogP contribution in [0.3, 0.4) is 0 Å². The minimum atomic E-state index is 0.111. The number of carbonyl (C=O) groups excluding carboxylic acids is 1. The Labute approximate surface area is 137 Å². The molecule has 0 aromatic heterocycles. The van der Waals surface area contributed by atoms with Crippen molar-refractivity contribution in [3.05, 3.63) is 35.9 Å². The molecule has 1 aromatic carbocycles. The van der Waals surface area contributed by atoms with E-state index in [1.807, 2.05) is 18.2 Å². The van der Waals surface area contributed by atoms with Crippen molar-refractivity contribution in [2.24, 2.45) is 17.3 Å². The summed E-state index contributed by atoms with van der Waals surface area (Å²) in [5.74, 6) is 2.48. The molecule has 1 N–H and O–H groups in total. The molecule has 118 valence electrons. The van der Waals surface area contributed by atoms with Gasteiger partial charge in [-0.15, -0.1) is 0 Å². The predicted octanol–water partition coefficient (Wildman–Crippen LogP) is 4.99. The molecule has 4 aliphatic rings. The Morgan fingerprint density at radius 2 is 1.86 bits per heavy atom. The summed E-state index contributed by atoms with van der Waals surface area (Å²) in [4.78, 5) is 12.5. The van der Waals surface area contributed by atoms with Crippen LogP contribution in [0.1, 0.15) is 51.0 Å². The lowest BCUT2D eigenvalue weighted by Gasteiger charge is -2.61. The van der Waals surface area contributed by atoms with Gasteiger partial charge >= 0.3 is 0 Å². The quantitative estimate of drug-likeness (QED) is 0.851. The van der Waals surface area contributed by atoms with Crippen molar-refractivity contribution in [1.29, 1.82) is 0 Å². The molecule has 1 aromatic rings. The Morgan fingerprint density at radius 1 is 1.18 bits per heavy atom. The number of benzene rings is 1. The van der Waals surface area contributed by atoms with E-state index in [1.165, 1.54) is 55.9 Å². The third-order valence-electron chi connectivity index (χ3n) is 5.93. The number of thioether (sulfide) groups is 1. The van der Waals surface area contributed by atoms with E-state index in [1.54, 1.807) is 0 Å². The van der Waals surface area contributed by atoms with E-state index in [0.29, 0.717) is 5.41 Å². The van der Waals surface area contributed by atoms with Crippen LogP contribution in [0.4, 0.5) is 4.79 Å². The smallest absolute Gasteiger partial charge is 0.279 e. The van der Waals surface area contributed by atoms with Gasteiger partial charge in [-0.25, -0.2) is 0 Å². The number of carbonyl (C=O) groups is 1. The van der Waals surface area contributed by atoms with Crippen molar-refractivity contribution in [2.45, 2.75) is 56.7 Å². The maximum Gasteiger partial charge on any atom is 0.279 e. The number of rotatable bonds is 3. The molecule has 0 radical (unpaired) electrons. The normalized spacial score (nSPS) is 39.0. The summed E-state index contributed by atoms with van der Waals surface area (Å²) >= 11 is 1.43. The van der Waals surface area contributed by atoms with Crippen molar-refractivity contribution in [3.63, 3.8) is 0 Å². The summed E-state index contributed by atoms with van der Waals surface area (Å²) in [6.07, 6.45) is 7.82. The van der Waals surface area contributed by atoms with Crippen LogP contribution in [0, 0.1) is 17.3 Å². The van der Waals surface area contributed by atoms with E-state index in [0.717, 1.165) is 17.6 Å². The maximum atomic E-state index is 12.5. The Kier molecular flexibility index (Phi) is 3.52. The fraction of sp³-hybridized carbons (Fsp3) is 0.632. The molecule has 4 saturated carbocycles. The van der Waals surface area contributed by atoms with Crippen LogP contribution in [-0.2, 0) is 5.75 Å². The SMILES string of the molecule is CC12C[C@H]3C[C@H](C1)CC(NC(=O)SCc1ccccc1)(C3)C2. The van der Waals surface area contributed by atoms with E-state index in [4.69, 9.17) is 0 Å². The highest BCUT2D eigenvalue weighted by atomic mass is 32.2. The van der Waals surface area contributed by atoms with E-state index in [9.17, 15) is 4.79 Å². The standard InChI is InChI=1S/C19H25NOS/c1-18-8-15-7-16(9-18)11-19(10-15,13-18)20-17(21)22-12-14-5-3-2-4-6-14/h2-6,15-16H,7-13H2,1H3,(H,20,21)/t15-,16-,18?,19?/m1/s1. The zero-order valence-electron chi connectivity index (χ0n) is 13.3. The zero-order valence-corrected chi connectivity index (χ0v) is 14.1. The van der Waals surface area contributed by atoms with Gasteiger partial charge in [-0.3, -0.25) is 4.79 Å². The van der Waals surface area contributed by atoms with E-state index in [-0.39, 0.29) is 10.8 Å². The van der Waals surface area contributed by atoms with Gasteiger partial charge in [0.2, 0.25) is 0 Å². The number of hydrogen-bond acceptors (Lipinski definition) is 2. The lowest BCUT2D eigenvalue weighted by molar-refractivity contribution is -0.0657. The first-order valence-electron chi connectivity index (χ1n) is 8.53. The number of amides is 1. The van der Waals surface area contributed by atoms with Crippen LogP contribution >= 0.6 is 11.8 Å². The molecular formula is C19H25NOS. The third kappa shape index (κ3) is 2.80. The molecule has 2 atom stereocenters. The second kappa shape index (κ2) is 5.30. The Morgan fingerprint density at radius 3 is 2.50 bits per heavy atom. The van der Waals surface area contributed by atoms with Gasteiger partial charge in [-0.2, -0.15) is 0 Å². The van der Waals surface area contributed by atoms with Gasteiger partial charge in [0.1, 0.15) is 0 Å². The van der Waals surface area contributed by atoms with Crippen LogP contribution in [0.5, 0.6) is 0 Å². The van der Waals surface area contributed by atoms with Crippen molar-refractivity contribution in [2.75, 3.05) is 0 Å². The molecule has 22 heavy (non-hydrogen) atoms. The topological polar surface area (TPSA) is 29.1 Å². The molecule has 0 heterocycles. The van der Waals surface area contributed by atoms with Crippen molar-refractivity contribution < 1.29 is 4.79 Å². The van der Waals surface area contributed by atoms with Crippen LogP contribution in [0.2, 0.25) is 0 Å². The average Bonchev–Trinajstić information content (AvgIpc) is 2.43. The molecule has 5 rings (SSSR count). The van der Waals surface area contributed by atoms with Crippen LogP contribution in [-0.4, -0.2) is 10.8 Å². The summed E-state index contributed by atoms with van der Waals surface area (Å²) in [6.45, 7) is 2.45. The first-order valence-corrected chi connectivity index (χ1v) is 9.52. The molecule has 0 unspecified atom stereocenters. The largest absolute Gasteiger partial charge is 0.341 e. The third-order valence-corrected chi connectivity index (χ3v) is 6.78. The van der Waals surface area contributed by atoms with Crippen molar-refractivity contribution in [1.82, 2.24) is 5.32 Å². The minimum absolute atomic E-state index is 0.111. The molecule has 1 amide bonds. The van der Waals surface area contributed by atoms with Gasteiger partial charge in [-0.05, 0) is 61.3 Å². The van der Waals surface area contributed by atoms with Crippen molar-refractivity contribution in [3.8, 4) is 0 Å². The van der Waals surface area contributed by atoms with Crippen LogP contribution < -0.4 is 5.32 Å². The lowest BCUT2D eigenvalue weighted by Crippen LogP contribution is -2.62. The highest BCUT2D eigenvalue weighted by molar-refractivity contribution is 8.12. The highest BCUT2D eigenvalue weighted by Gasteiger charge is 2.56. The Hall–Kier alpha value is -0.960. The van der Waals surface area contributed by atoms with Crippen LogP contribution in [0.15, 0.2) is 30.3 Å². The highest BCUT2D eigenvalue weighted by Crippen LogP contribution is 2.61.